The van der Waals surface area contributed by atoms with E-state index in [-0.39, 0.29) is 0 Å². The molecule has 1 fully saturated rings. The number of hydrogen-bond donors (Lipinski definition) is 0. The highest BCUT2D eigenvalue weighted by atomic mass is 15.3. The lowest BCUT2D eigenvalue weighted by atomic mass is 9.93. The van der Waals surface area contributed by atoms with E-state index in [1.807, 2.05) is 10.9 Å². The third-order valence-corrected chi connectivity index (χ3v) is 1.97. The molecule has 1 aliphatic carbocycles. The molecule has 2 nitrogen and oxygen atoms in total. The molecule has 1 heterocycles. The fourth-order valence-electron chi connectivity index (χ4n) is 1.15. The second kappa shape index (κ2) is 2.11. The van der Waals surface area contributed by atoms with Crippen LogP contribution in [0.25, 0.3) is 0 Å². The molecule has 1 saturated carbocycles. The zero-order valence-electron chi connectivity index (χ0n) is 6.17. The third-order valence-electron chi connectivity index (χ3n) is 1.97. The van der Waals surface area contributed by atoms with Crippen molar-refractivity contribution in [3.05, 3.63) is 24.0 Å². The van der Waals surface area contributed by atoms with Crippen LogP contribution < -0.4 is 0 Å². The van der Waals surface area contributed by atoms with Gasteiger partial charge >= 0.3 is 0 Å². The van der Waals surface area contributed by atoms with Crippen LogP contribution in [0.1, 0.15) is 24.8 Å². The zero-order chi connectivity index (χ0) is 6.97. The molecule has 1 aromatic rings. The first-order chi connectivity index (χ1) is 4.86. The van der Waals surface area contributed by atoms with Crippen molar-refractivity contribution in [2.45, 2.75) is 26.2 Å². The maximum Gasteiger partial charge on any atom is 0.0878 e. The summed E-state index contributed by atoms with van der Waals surface area (Å²) in [5.74, 6) is 0. The average molecular weight is 135 g/mol. The Morgan fingerprint density at radius 2 is 2.30 bits per heavy atom. The highest BCUT2D eigenvalue weighted by molar-refractivity contribution is 5.07. The average Bonchev–Trinajstić information content (AvgIpc) is 2.10. The molecular weight excluding hydrogens is 124 g/mol. The summed E-state index contributed by atoms with van der Waals surface area (Å²) >= 11 is 0. The van der Waals surface area contributed by atoms with E-state index in [0.717, 1.165) is 0 Å². The molecule has 0 amide bonds. The van der Waals surface area contributed by atoms with E-state index in [9.17, 15) is 0 Å². The van der Waals surface area contributed by atoms with Crippen molar-refractivity contribution in [3.63, 3.8) is 0 Å². The molecule has 0 N–H and O–H groups in total. The van der Waals surface area contributed by atoms with Crippen LogP contribution in [0.4, 0.5) is 0 Å². The largest absolute Gasteiger partial charge is 0.264 e. The first-order valence-corrected chi connectivity index (χ1v) is 3.72. The van der Waals surface area contributed by atoms with Gasteiger partial charge in [-0.1, -0.05) is 0 Å². The van der Waals surface area contributed by atoms with Crippen LogP contribution in [0.5, 0.6) is 0 Å². The quantitative estimate of drug-likeness (QED) is 0.573. The highest BCUT2D eigenvalue weighted by Crippen LogP contribution is 2.29. The predicted octanol–water partition coefficient (Wildman–Crippen LogP) is 1.76. The second-order valence-electron chi connectivity index (χ2n) is 2.88. The molecule has 0 aliphatic heterocycles. The van der Waals surface area contributed by atoms with Crippen molar-refractivity contribution in [1.82, 2.24) is 9.78 Å². The molecule has 10 heavy (non-hydrogen) atoms. The van der Waals surface area contributed by atoms with Gasteiger partial charge < -0.3 is 0 Å². The van der Waals surface area contributed by atoms with Crippen LogP contribution in [-0.4, -0.2) is 9.78 Å². The van der Waals surface area contributed by atoms with Gasteiger partial charge in [0.15, 0.2) is 0 Å². The van der Waals surface area contributed by atoms with Crippen molar-refractivity contribution in [1.29, 1.82) is 0 Å². The van der Waals surface area contributed by atoms with Gasteiger partial charge in [0.25, 0.3) is 0 Å². The molecule has 1 aromatic heterocycles. The van der Waals surface area contributed by atoms with Crippen LogP contribution in [0, 0.1) is 13.0 Å². The minimum absolute atomic E-state index is 1.24. The topological polar surface area (TPSA) is 17.8 Å². The van der Waals surface area contributed by atoms with Gasteiger partial charge in [-0.25, -0.2) is 0 Å². The van der Waals surface area contributed by atoms with Crippen LogP contribution in [-0.2, 0) is 0 Å². The molecule has 0 aromatic carbocycles. The van der Waals surface area contributed by atoms with E-state index in [4.69, 9.17) is 0 Å². The van der Waals surface area contributed by atoms with Gasteiger partial charge in [-0.05, 0) is 31.7 Å². The van der Waals surface area contributed by atoms with Gasteiger partial charge in [0.1, 0.15) is 0 Å². The lowest BCUT2D eigenvalue weighted by molar-refractivity contribution is 0.454. The molecule has 53 valence electrons. The fourth-order valence-corrected chi connectivity index (χ4v) is 1.15. The number of hydrogen-bond acceptors (Lipinski definition) is 1. The second-order valence-corrected chi connectivity index (χ2v) is 2.88. The Balaban J connectivity index is 2.17. The fraction of sp³-hybridized carbons (Fsp3) is 0.500. The van der Waals surface area contributed by atoms with Crippen molar-refractivity contribution in [3.8, 4) is 0 Å². The van der Waals surface area contributed by atoms with Gasteiger partial charge in [-0.2, -0.15) is 5.10 Å². The van der Waals surface area contributed by atoms with Gasteiger partial charge in [-0.3, -0.25) is 4.68 Å². The molecule has 2 heteroatoms. The summed E-state index contributed by atoms with van der Waals surface area (Å²) in [6.07, 6.45) is 7.82. The summed E-state index contributed by atoms with van der Waals surface area (Å²) in [7, 11) is 0. The van der Waals surface area contributed by atoms with Gasteiger partial charge in [-0.15, -0.1) is 0 Å². The Bertz CT molecular complexity index is 223. The van der Waals surface area contributed by atoms with Crippen molar-refractivity contribution in [2.75, 3.05) is 0 Å². The predicted molar refractivity (Wildman–Crippen MR) is 39.5 cm³/mol. The maximum atomic E-state index is 4.22. The Labute approximate surface area is 60.9 Å². The SMILES string of the molecule is Cc1cnn([C]2CCC2)c1. The first kappa shape index (κ1) is 5.96. The molecule has 0 spiro atoms. The zero-order valence-corrected chi connectivity index (χ0v) is 6.17. The van der Waals surface area contributed by atoms with Crippen LogP contribution >= 0.6 is 0 Å². The molecule has 0 atom stereocenters. The summed E-state index contributed by atoms with van der Waals surface area (Å²) in [5.41, 5.74) is 1.25. The number of rotatable bonds is 1. The van der Waals surface area contributed by atoms with E-state index >= 15 is 0 Å². The van der Waals surface area contributed by atoms with Gasteiger partial charge in [0, 0.05) is 6.20 Å². The van der Waals surface area contributed by atoms with Crippen LogP contribution in [0.3, 0.4) is 0 Å². The molecular formula is C8H11N2. The smallest absolute Gasteiger partial charge is 0.0878 e. The van der Waals surface area contributed by atoms with E-state index in [0.29, 0.717) is 0 Å². The van der Waals surface area contributed by atoms with Crippen molar-refractivity contribution >= 4 is 0 Å². The first-order valence-electron chi connectivity index (χ1n) is 3.72. The molecule has 1 aliphatic rings. The van der Waals surface area contributed by atoms with Crippen molar-refractivity contribution < 1.29 is 0 Å². The molecule has 0 unspecified atom stereocenters. The Morgan fingerprint density at radius 3 is 2.70 bits per heavy atom. The third kappa shape index (κ3) is 0.838. The Kier molecular flexibility index (Phi) is 1.26. The normalized spacial score (nSPS) is 18.9. The van der Waals surface area contributed by atoms with E-state index < -0.39 is 0 Å². The molecule has 0 bridgehead atoms. The molecule has 2 rings (SSSR count). The van der Waals surface area contributed by atoms with E-state index in [1.54, 1.807) is 0 Å². The number of nitrogens with zero attached hydrogens (tertiary/aromatic N) is 2. The van der Waals surface area contributed by atoms with Crippen LogP contribution in [0.2, 0.25) is 0 Å². The standard InChI is InChI=1S/C8H11N2/c1-7-5-9-10(6-7)8-3-2-4-8/h5-6H,2-4H2,1H3. The lowest BCUT2D eigenvalue weighted by Gasteiger charge is -2.24. The summed E-state index contributed by atoms with van der Waals surface area (Å²) in [6.45, 7) is 2.07. The maximum absolute atomic E-state index is 4.22. The summed E-state index contributed by atoms with van der Waals surface area (Å²) < 4.78 is 2.01. The summed E-state index contributed by atoms with van der Waals surface area (Å²) in [4.78, 5) is 0. The van der Waals surface area contributed by atoms with E-state index in [2.05, 4.69) is 18.2 Å². The number of aromatic nitrogens is 2. The summed E-state index contributed by atoms with van der Waals surface area (Å²) in [6, 6.07) is 1.47. The lowest BCUT2D eigenvalue weighted by Crippen LogP contribution is -2.18. The van der Waals surface area contributed by atoms with Crippen molar-refractivity contribution in [2.24, 2.45) is 0 Å². The Hall–Kier alpha value is -0.790. The Morgan fingerprint density at radius 1 is 1.50 bits per heavy atom. The minimum Gasteiger partial charge on any atom is -0.264 e. The molecule has 0 saturated heterocycles. The minimum atomic E-state index is 1.24. The van der Waals surface area contributed by atoms with Gasteiger partial charge in [0.05, 0.1) is 12.2 Å². The number of aryl methyl sites for hydroxylation is 1. The highest BCUT2D eigenvalue weighted by Gasteiger charge is 2.20. The van der Waals surface area contributed by atoms with E-state index in [1.165, 1.54) is 30.9 Å². The monoisotopic (exact) mass is 135 g/mol. The summed E-state index contributed by atoms with van der Waals surface area (Å²) in [5, 5.41) is 4.22. The van der Waals surface area contributed by atoms with Crippen LogP contribution in [0.15, 0.2) is 12.4 Å². The molecule has 1 radical (unpaired) electrons. The van der Waals surface area contributed by atoms with Gasteiger partial charge in [0.2, 0.25) is 0 Å².